The molecule has 0 radical (unpaired) electrons. The number of para-hydroxylation sites is 2. The van der Waals surface area contributed by atoms with E-state index in [9.17, 15) is 14.4 Å². The van der Waals surface area contributed by atoms with Crippen molar-refractivity contribution in [1.29, 1.82) is 0 Å². The van der Waals surface area contributed by atoms with Gasteiger partial charge in [0.05, 0.1) is 12.2 Å². The van der Waals surface area contributed by atoms with E-state index in [1.165, 1.54) is 11.3 Å². The zero-order valence-electron chi connectivity index (χ0n) is 19.2. The van der Waals surface area contributed by atoms with Gasteiger partial charge in [-0.2, -0.15) is 0 Å². The van der Waals surface area contributed by atoms with Gasteiger partial charge in [0.2, 0.25) is 0 Å². The number of carbonyl (C=O) groups is 3. The molecule has 4 rings (SSSR count). The normalized spacial score (nSPS) is 12.2. The first-order valence-electron chi connectivity index (χ1n) is 11.1. The van der Waals surface area contributed by atoms with Gasteiger partial charge in [-0.15, -0.1) is 11.3 Å². The van der Waals surface area contributed by atoms with E-state index in [4.69, 9.17) is 14.2 Å². The molecule has 0 unspecified atom stereocenters. The Morgan fingerprint density at radius 2 is 1.59 bits per heavy atom. The summed E-state index contributed by atoms with van der Waals surface area (Å²) in [4.78, 5) is 39.2. The maximum absolute atomic E-state index is 13.1. The first-order valence-corrected chi connectivity index (χ1v) is 11.9. The summed E-state index contributed by atoms with van der Waals surface area (Å²) in [7, 11) is 0. The number of ether oxygens (including phenoxy) is 3. The Kier molecular flexibility index (Phi) is 6.98. The molecule has 34 heavy (non-hydrogen) atoms. The Morgan fingerprint density at radius 1 is 0.971 bits per heavy atom. The Bertz CT molecular complexity index is 1200. The average molecular weight is 480 g/mol. The van der Waals surface area contributed by atoms with Crippen molar-refractivity contribution in [3.63, 3.8) is 0 Å². The zero-order chi connectivity index (χ0) is 24.2. The van der Waals surface area contributed by atoms with Gasteiger partial charge >= 0.3 is 11.9 Å². The van der Waals surface area contributed by atoms with Crippen LogP contribution in [0.4, 0.5) is 5.00 Å². The minimum atomic E-state index is -0.709. The quantitative estimate of drug-likeness (QED) is 0.468. The maximum Gasteiger partial charge on any atom is 0.341 e. The van der Waals surface area contributed by atoms with Crippen molar-refractivity contribution in [2.75, 3.05) is 18.5 Å². The molecule has 0 fully saturated rings. The molecule has 0 bridgehead atoms. The molecule has 3 aromatic rings. The third-order valence-corrected chi connectivity index (χ3v) is 6.62. The number of nitrogens with one attached hydrogen (secondary N) is 1. The summed E-state index contributed by atoms with van der Waals surface area (Å²) in [5.41, 5.74) is 2.56. The Hall–Kier alpha value is -3.65. The van der Waals surface area contributed by atoms with Gasteiger partial charge < -0.3 is 19.5 Å². The number of hydrogen-bond acceptors (Lipinski definition) is 7. The molecule has 1 aliphatic heterocycles. The maximum atomic E-state index is 13.1. The molecule has 1 aromatic heterocycles. The molecular weight excluding hydrogens is 454 g/mol. The number of anilines is 1. The summed E-state index contributed by atoms with van der Waals surface area (Å²) in [6, 6.07) is 14.5. The fourth-order valence-corrected chi connectivity index (χ4v) is 5.21. The zero-order valence-corrected chi connectivity index (χ0v) is 20.0. The highest BCUT2D eigenvalue weighted by Gasteiger charge is 2.34. The minimum Gasteiger partial charge on any atom is -0.462 e. The van der Waals surface area contributed by atoms with Crippen molar-refractivity contribution >= 4 is 34.2 Å². The van der Waals surface area contributed by atoms with Gasteiger partial charge in [0, 0.05) is 16.0 Å². The number of carbonyl (C=O) groups excluding carboxylic acids is 3. The molecule has 0 saturated heterocycles. The van der Waals surface area contributed by atoms with E-state index in [1.54, 1.807) is 19.1 Å². The highest BCUT2D eigenvalue weighted by Crippen LogP contribution is 2.44. The topological polar surface area (TPSA) is 90.9 Å². The van der Waals surface area contributed by atoms with Crippen LogP contribution in [0.15, 0.2) is 48.5 Å². The number of fused-ring (bicyclic) bond motifs is 2. The summed E-state index contributed by atoms with van der Waals surface area (Å²) < 4.78 is 16.5. The Morgan fingerprint density at radius 3 is 2.18 bits per heavy atom. The van der Waals surface area contributed by atoms with E-state index >= 15 is 0 Å². The molecule has 1 N–H and O–H groups in total. The molecular formula is C26H25NO6S. The standard InChI is InChI=1S/C26H25NO6S/c1-4-16-15(3)34-24(23(16)26(30)31-5-2)27-21(28)14-32-25(29)22-17-10-6-8-12-19(17)33-20-13-9-7-11-18(20)22/h6-13,22H,4-5,14H2,1-3H3,(H,27,28). The number of benzene rings is 2. The largest absolute Gasteiger partial charge is 0.462 e. The SMILES string of the molecule is CCOC(=O)c1c(NC(=O)COC(=O)C2c3ccccc3Oc3ccccc32)sc(C)c1CC. The molecule has 1 aliphatic rings. The lowest BCUT2D eigenvalue weighted by Crippen LogP contribution is -2.26. The fraction of sp³-hybridized carbons (Fsp3) is 0.269. The van der Waals surface area contributed by atoms with Crippen LogP contribution in [0.1, 0.15) is 51.7 Å². The second kappa shape index (κ2) is 10.1. The van der Waals surface area contributed by atoms with Gasteiger partial charge in [-0.3, -0.25) is 9.59 Å². The second-order valence-electron chi connectivity index (χ2n) is 7.68. The highest BCUT2D eigenvalue weighted by atomic mass is 32.1. The third-order valence-electron chi connectivity index (χ3n) is 5.56. The summed E-state index contributed by atoms with van der Waals surface area (Å²) in [5.74, 6) is -1.12. The molecule has 0 atom stereocenters. The summed E-state index contributed by atoms with van der Waals surface area (Å²) in [6.45, 7) is 5.31. The average Bonchev–Trinajstić information content (AvgIpc) is 3.15. The van der Waals surface area contributed by atoms with E-state index in [1.807, 2.05) is 50.2 Å². The lowest BCUT2D eigenvalue weighted by Gasteiger charge is -2.26. The molecule has 0 aliphatic carbocycles. The van der Waals surface area contributed by atoms with Crippen molar-refractivity contribution in [3.05, 3.63) is 75.7 Å². The van der Waals surface area contributed by atoms with Crippen LogP contribution in [0.3, 0.4) is 0 Å². The van der Waals surface area contributed by atoms with Crippen LogP contribution < -0.4 is 10.1 Å². The lowest BCUT2D eigenvalue weighted by molar-refractivity contribution is -0.148. The highest BCUT2D eigenvalue weighted by molar-refractivity contribution is 7.16. The molecule has 176 valence electrons. The van der Waals surface area contributed by atoms with Crippen molar-refractivity contribution in [3.8, 4) is 11.5 Å². The third kappa shape index (κ3) is 4.54. The van der Waals surface area contributed by atoms with Gasteiger partial charge in [-0.05, 0) is 38.0 Å². The van der Waals surface area contributed by atoms with Crippen molar-refractivity contribution in [1.82, 2.24) is 0 Å². The molecule has 2 aromatic carbocycles. The van der Waals surface area contributed by atoms with E-state index < -0.39 is 30.4 Å². The van der Waals surface area contributed by atoms with Crippen molar-refractivity contribution < 1.29 is 28.6 Å². The summed E-state index contributed by atoms with van der Waals surface area (Å²) in [5, 5.41) is 3.12. The van der Waals surface area contributed by atoms with Gasteiger partial charge in [-0.1, -0.05) is 43.3 Å². The monoisotopic (exact) mass is 479 g/mol. The summed E-state index contributed by atoms with van der Waals surface area (Å²) in [6.07, 6.45) is 0.629. The van der Waals surface area contributed by atoms with Gasteiger partial charge in [0.1, 0.15) is 22.4 Å². The van der Waals surface area contributed by atoms with Gasteiger partial charge in [0.25, 0.3) is 5.91 Å². The van der Waals surface area contributed by atoms with Crippen LogP contribution in [-0.2, 0) is 25.5 Å². The van der Waals surface area contributed by atoms with Crippen molar-refractivity contribution in [2.24, 2.45) is 0 Å². The van der Waals surface area contributed by atoms with Crippen LogP contribution >= 0.6 is 11.3 Å². The minimum absolute atomic E-state index is 0.232. The van der Waals surface area contributed by atoms with Gasteiger partial charge in [-0.25, -0.2) is 4.79 Å². The molecule has 7 nitrogen and oxygen atoms in total. The predicted molar refractivity (Wildman–Crippen MR) is 129 cm³/mol. The van der Waals surface area contributed by atoms with Crippen LogP contribution in [-0.4, -0.2) is 31.1 Å². The van der Waals surface area contributed by atoms with E-state index in [0.717, 1.165) is 10.4 Å². The number of hydrogen-bond donors (Lipinski definition) is 1. The predicted octanol–water partition coefficient (Wildman–Crippen LogP) is 5.22. The van der Waals surface area contributed by atoms with Crippen molar-refractivity contribution in [2.45, 2.75) is 33.1 Å². The molecule has 8 heteroatoms. The number of aryl methyl sites for hydroxylation is 1. The first kappa shape index (κ1) is 23.5. The fourth-order valence-electron chi connectivity index (χ4n) is 4.06. The van der Waals surface area contributed by atoms with Crippen LogP contribution in [0, 0.1) is 6.92 Å². The lowest BCUT2D eigenvalue weighted by atomic mass is 9.88. The first-order chi connectivity index (χ1) is 16.4. The number of esters is 2. The van der Waals surface area contributed by atoms with Crippen LogP contribution in [0.25, 0.3) is 0 Å². The van der Waals surface area contributed by atoms with Crippen LogP contribution in [0.5, 0.6) is 11.5 Å². The van der Waals surface area contributed by atoms with E-state index in [-0.39, 0.29) is 6.61 Å². The molecule has 2 heterocycles. The molecule has 1 amide bonds. The molecule has 0 spiro atoms. The number of thiophene rings is 1. The summed E-state index contributed by atoms with van der Waals surface area (Å²) >= 11 is 1.30. The number of rotatable bonds is 7. The second-order valence-corrected chi connectivity index (χ2v) is 8.91. The van der Waals surface area contributed by atoms with E-state index in [0.29, 0.717) is 39.6 Å². The Labute approximate surface area is 201 Å². The smallest absolute Gasteiger partial charge is 0.341 e. The van der Waals surface area contributed by atoms with Crippen LogP contribution in [0.2, 0.25) is 0 Å². The molecule has 0 saturated carbocycles. The Balaban J connectivity index is 1.50. The van der Waals surface area contributed by atoms with Gasteiger partial charge in [0.15, 0.2) is 6.61 Å². The number of amides is 1. The van der Waals surface area contributed by atoms with E-state index in [2.05, 4.69) is 5.32 Å².